The van der Waals surface area contributed by atoms with E-state index in [0.717, 1.165) is 16.7 Å². The lowest BCUT2D eigenvalue weighted by molar-refractivity contribution is -0.140. The fraction of sp³-hybridized carbons (Fsp3) is 0.0909. The number of fused-ring (bicyclic) bond motifs is 1. The van der Waals surface area contributed by atoms with Gasteiger partial charge in [-0.1, -0.05) is 29.4 Å². The first kappa shape index (κ1) is 9.45. The molecule has 4 heteroatoms. The Morgan fingerprint density at radius 2 is 2.13 bits per heavy atom. The second-order valence-corrected chi connectivity index (χ2v) is 3.20. The molecule has 2 rings (SSSR count). The highest BCUT2D eigenvalue weighted by Gasteiger charge is 2.18. The Balaban J connectivity index is 2.16. The van der Waals surface area contributed by atoms with Gasteiger partial charge in [0.25, 0.3) is 0 Å². The van der Waals surface area contributed by atoms with E-state index in [-0.39, 0.29) is 5.84 Å². The smallest absolute Gasteiger partial charge is 0.332 e. The van der Waals surface area contributed by atoms with Crippen molar-refractivity contribution in [3.63, 3.8) is 0 Å². The van der Waals surface area contributed by atoms with Gasteiger partial charge in [0.05, 0.1) is 0 Å². The average molecular weight is 202 g/mol. The number of nitrogens with two attached hydrogens (primary N) is 1. The summed E-state index contributed by atoms with van der Waals surface area (Å²) in [6.45, 7) is 1.28. The molecule has 0 saturated heterocycles. The molecule has 0 aromatic heterocycles. The molecular weight excluding hydrogens is 192 g/mol. The van der Waals surface area contributed by atoms with Crippen molar-refractivity contribution in [1.82, 2.24) is 0 Å². The van der Waals surface area contributed by atoms with E-state index >= 15 is 0 Å². The van der Waals surface area contributed by atoms with Gasteiger partial charge in [-0.25, -0.2) is 4.79 Å². The van der Waals surface area contributed by atoms with E-state index < -0.39 is 5.97 Å². The lowest BCUT2D eigenvalue weighted by atomic mass is 9.88. The number of hydrogen-bond donors (Lipinski definition) is 1. The molecule has 0 saturated carbocycles. The summed E-state index contributed by atoms with van der Waals surface area (Å²) >= 11 is 0. The Kier molecular flexibility index (Phi) is 2.25. The first-order valence-corrected chi connectivity index (χ1v) is 4.51. The van der Waals surface area contributed by atoms with Crippen LogP contribution in [0.15, 0.2) is 29.4 Å². The van der Waals surface area contributed by atoms with E-state index in [0.29, 0.717) is 0 Å². The van der Waals surface area contributed by atoms with Gasteiger partial charge >= 0.3 is 5.97 Å². The van der Waals surface area contributed by atoms with Crippen molar-refractivity contribution in [3.8, 4) is 0 Å². The number of oxime groups is 1. The van der Waals surface area contributed by atoms with Gasteiger partial charge < -0.3 is 10.6 Å². The van der Waals surface area contributed by atoms with Gasteiger partial charge in [0.2, 0.25) is 0 Å². The number of benzene rings is 1. The first-order valence-electron chi connectivity index (χ1n) is 4.51. The molecular formula is C11H10N2O2. The van der Waals surface area contributed by atoms with Crippen LogP contribution in [-0.2, 0) is 9.63 Å². The fourth-order valence-corrected chi connectivity index (χ4v) is 1.40. The van der Waals surface area contributed by atoms with Crippen LogP contribution in [0.1, 0.15) is 18.1 Å². The summed E-state index contributed by atoms with van der Waals surface area (Å²) in [5.74, 6) is -0.255. The van der Waals surface area contributed by atoms with Crippen LogP contribution in [0.25, 0.3) is 11.6 Å². The Labute approximate surface area is 87.0 Å². The average Bonchev–Trinajstić information content (AvgIpc) is 2.17. The summed E-state index contributed by atoms with van der Waals surface area (Å²) in [5, 5.41) is 3.52. The molecule has 0 aliphatic heterocycles. The van der Waals surface area contributed by atoms with Gasteiger partial charge in [-0.3, -0.25) is 0 Å². The summed E-state index contributed by atoms with van der Waals surface area (Å²) in [5.41, 5.74) is 8.61. The zero-order valence-corrected chi connectivity index (χ0v) is 8.23. The van der Waals surface area contributed by atoms with Crippen molar-refractivity contribution in [1.29, 1.82) is 0 Å². The number of hydrogen-bond acceptors (Lipinski definition) is 3. The van der Waals surface area contributed by atoms with E-state index in [2.05, 4.69) is 9.99 Å². The van der Waals surface area contributed by atoms with Crippen molar-refractivity contribution >= 4 is 23.5 Å². The van der Waals surface area contributed by atoms with E-state index in [4.69, 9.17) is 5.73 Å². The number of nitrogens with zero attached hydrogens (tertiary/aromatic N) is 1. The molecule has 76 valence electrons. The molecule has 1 aliphatic rings. The molecule has 1 aromatic carbocycles. The Hall–Kier alpha value is -2.10. The highest BCUT2D eigenvalue weighted by Crippen LogP contribution is 2.31. The molecule has 0 unspecified atom stereocenters. The van der Waals surface area contributed by atoms with E-state index in [1.54, 1.807) is 0 Å². The minimum Gasteiger partial charge on any atom is -0.380 e. The lowest BCUT2D eigenvalue weighted by Gasteiger charge is -2.18. The van der Waals surface area contributed by atoms with Crippen LogP contribution in [0.4, 0.5) is 0 Å². The quantitative estimate of drug-likeness (QED) is 0.341. The number of carbonyl (C=O) groups is 1. The van der Waals surface area contributed by atoms with E-state index in [1.807, 2.05) is 30.3 Å². The van der Waals surface area contributed by atoms with Gasteiger partial charge in [-0.05, 0) is 17.2 Å². The number of carbonyl (C=O) groups excluding carboxylic acids is 1. The van der Waals surface area contributed by atoms with E-state index in [9.17, 15) is 4.79 Å². The van der Waals surface area contributed by atoms with Crippen LogP contribution in [0.5, 0.6) is 0 Å². The maximum Gasteiger partial charge on any atom is 0.332 e. The number of rotatable bonds is 2. The fourth-order valence-electron chi connectivity index (χ4n) is 1.40. The van der Waals surface area contributed by atoms with Crippen molar-refractivity contribution in [2.45, 2.75) is 6.92 Å². The maximum absolute atomic E-state index is 10.5. The minimum atomic E-state index is -0.480. The highest BCUT2D eigenvalue weighted by molar-refractivity contribution is 6.31. The van der Waals surface area contributed by atoms with Crippen LogP contribution in [0, 0.1) is 0 Å². The van der Waals surface area contributed by atoms with Gasteiger partial charge in [0, 0.05) is 12.5 Å². The molecule has 0 radical (unpaired) electrons. The molecule has 0 atom stereocenters. The Bertz CT molecular complexity index is 475. The highest BCUT2D eigenvalue weighted by atomic mass is 16.7. The predicted molar refractivity (Wildman–Crippen MR) is 57.7 cm³/mol. The Morgan fingerprint density at radius 1 is 1.40 bits per heavy atom. The molecule has 15 heavy (non-hydrogen) atoms. The zero-order chi connectivity index (χ0) is 10.8. The van der Waals surface area contributed by atoms with Crippen molar-refractivity contribution in [3.05, 3.63) is 35.4 Å². The van der Waals surface area contributed by atoms with Crippen LogP contribution >= 0.6 is 0 Å². The second kappa shape index (κ2) is 3.57. The van der Waals surface area contributed by atoms with Gasteiger partial charge in [0.1, 0.15) is 0 Å². The molecule has 1 aromatic rings. The molecule has 1 aliphatic carbocycles. The van der Waals surface area contributed by atoms with E-state index in [1.165, 1.54) is 6.92 Å². The summed E-state index contributed by atoms with van der Waals surface area (Å²) in [7, 11) is 0. The van der Waals surface area contributed by atoms with Gasteiger partial charge in [-0.15, -0.1) is 0 Å². The summed E-state index contributed by atoms with van der Waals surface area (Å²) in [6.07, 6.45) is 1.90. The summed E-state index contributed by atoms with van der Waals surface area (Å²) in [4.78, 5) is 15.0. The lowest BCUT2D eigenvalue weighted by Crippen LogP contribution is -2.19. The normalized spacial score (nSPS) is 13.7. The minimum absolute atomic E-state index is 0.226. The maximum atomic E-state index is 10.5. The molecule has 0 spiro atoms. The predicted octanol–water partition coefficient (Wildman–Crippen LogP) is 1.38. The molecule has 2 N–H and O–H groups in total. The van der Waals surface area contributed by atoms with Gasteiger partial charge in [0.15, 0.2) is 5.84 Å². The summed E-state index contributed by atoms with van der Waals surface area (Å²) in [6, 6.07) is 7.80. The molecule has 0 amide bonds. The van der Waals surface area contributed by atoms with Crippen LogP contribution in [0.2, 0.25) is 0 Å². The van der Waals surface area contributed by atoms with Crippen molar-refractivity contribution in [2.24, 2.45) is 10.9 Å². The van der Waals surface area contributed by atoms with Crippen LogP contribution in [-0.4, -0.2) is 11.8 Å². The second-order valence-electron chi connectivity index (χ2n) is 3.20. The molecule has 0 fully saturated rings. The third-order valence-corrected chi connectivity index (χ3v) is 2.10. The largest absolute Gasteiger partial charge is 0.380 e. The molecule has 0 bridgehead atoms. The third-order valence-electron chi connectivity index (χ3n) is 2.10. The topological polar surface area (TPSA) is 64.7 Å². The monoisotopic (exact) mass is 202 g/mol. The zero-order valence-electron chi connectivity index (χ0n) is 8.23. The third kappa shape index (κ3) is 1.74. The van der Waals surface area contributed by atoms with Crippen molar-refractivity contribution < 1.29 is 9.63 Å². The van der Waals surface area contributed by atoms with Crippen molar-refractivity contribution in [2.75, 3.05) is 0 Å². The standard InChI is InChI=1S/C11H10N2O2/c1-7(14)15-13-11(12)10-6-8-4-2-3-5-9(8)10/h2-6H,1H3,(H2,12,13). The molecule has 0 heterocycles. The van der Waals surface area contributed by atoms with Crippen LogP contribution < -0.4 is 5.73 Å². The SMILES string of the molecule is CC(=O)ON=C(N)C1=Cc2ccccc21. The molecule has 4 nitrogen and oxygen atoms in total. The number of amidine groups is 1. The summed E-state index contributed by atoms with van der Waals surface area (Å²) < 4.78 is 0. The van der Waals surface area contributed by atoms with Gasteiger partial charge in [-0.2, -0.15) is 0 Å². The Morgan fingerprint density at radius 3 is 2.80 bits per heavy atom. The van der Waals surface area contributed by atoms with Crippen LogP contribution in [0.3, 0.4) is 0 Å². The first-order chi connectivity index (χ1) is 7.18.